The fourth-order valence-corrected chi connectivity index (χ4v) is 2.25. The largest absolute Gasteiger partial charge is 0.463 e. The van der Waals surface area contributed by atoms with Crippen molar-refractivity contribution in [1.29, 1.82) is 0 Å². The molecule has 0 amide bonds. The Morgan fingerprint density at radius 3 is 2.53 bits per heavy atom. The van der Waals surface area contributed by atoms with E-state index in [2.05, 4.69) is 0 Å². The molecule has 0 N–H and O–H groups in total. The van der Waals surface area contributed by atoms with Crippen molar-refractivity contribution < 1.29 is 4.42 Å². The third kappa shape index (κ3) is 2.06. The van der Waals surface area contributed by atoms with Gasteiger partial charge in [-0.2, -0.15) is 0 Å². The highest BCUT2D eigenvalue weighted by Gasteiger charge is 2.09. The average molecular weight is 250 g/mol. The Kier molecular flexibility index (Phi) is 2.71. The molecule has 0 fully saturated rings. The zero-order valence-corrected chi connectivity index (χ0v) is 10.9. The zero-order chi connectivity index (χ0) is 13.4. The van der Waals surface area contributed by atoms with Crippen molar-refractivity contribution in [3.05, 3.63) is 70.1 Å². The topological polar surface area (TPSA) is 30.2 Å². The summed E-state index contributed by atoms with van der Waals surface area (Å²) in [6.45, 7) is 3.99. The second-order valence-corrected chi connectivity index (χ2v) is 4.85. The van der Waals surface area contributed by atoms with Gasteiger partial charge in [0.1, 0.15) is 11.8 Å². The first-order chi connectivity index (χ1) is 9.15. The highest BCUT2D eigenvalue weighted by molar-refractivity contribution is 5.82. The minimum atomic E-state index is 0.0202. The van der Waals surface area contributed by atoms with E-state index in [0.29, 0.717) is 16.5 Å². The predicted molar refractivity (Wildman–Crippen MR) is 77.4 cm³/mol. The van der Waals surface area contributed by atoms with Gasteiger partial charge in [0.05, 0.1) is 10.9 Å². The van der Waals surface area contributed by atoms with Crippen molar-refractivity contribution in [2.75, 3.05) is 0 Å². The summed E-state index contributed by atoms with van der Waals surface area (Å²) in [5, 5.41) is 0.629. The summed E-state index contributed by atoms with van der Waals surface area (Å²) in [5.74, 6) is 0. The summed E-state index contributed by atoms with van der Waals surface area (Å²) in [4.78, 5) is 12.5. The monoisotopic (exact) mass is 250 g/mol. The van der Waals surface area contributed by atoms with Crippen molar-refractivity contribution in [1.82, 2.24) is 0 Å². The third-order valence-corrected chi connectivity index (χ3v) is 3.26. The van der Waals surface area contributed by atoms with Crippen LogP contribution in [0.4, 0.5) is 0 Å². The lowest BCUT2D eigenvalue weighted by atomic mass is 10.0. The van der Waals surface area contributed by atoms with E-state index >= 15 is 0 Å². The van der Waals surface area contributed by atoms with E-state index in [0.717, 1.165) is 16.7 Å². The Balaban J connectivity index is 2.29. The van der Waals surface area contributed by atoms with Crippen LogP contribution in [0.25, 0.3) is 22.1 Å². The van der Waals surface area contributed by atoms with Gasteiger partial charge in [0.15, 0.2) is 5.43 Å². The van der Waals surface area contributed by atoms with Gasteiger partial charge in [0.2, 0.25) is 0 Å². The van der Waals surface area contributed by atoms with Crippen molar-refractivity contribution in [2.24, 2.45) is 0 Å². The predicted octanol–water partition coefficient (Wildman–Crippen LogP) is 4.08. The van der Waals surface area contributed by atoms with E-state index in [9.17, 15) is 4.79 Å². The highest BCUT2D eigenvalue weighted by atomic mass is 16.3. The van der Waals surface area contributed by atoms with Crippen LogP contribution in [0.1, 0.15) is 11.1 Å². The molecule has 0 saturated heterocycles. The number of benzene rings is 2. The van der Waals surface area contributed by atoms with Crippen LogP contribution in [0.5, 0.6) is 0 Å². The Morgan fingerprint density at radius 2 is 1.74 bits per heavy atom. The molecular weight excluding hydrogens is 236 g/mol. The van der Waals surface area contributed by atoms with E-state index in [1.54, 1.807) is 6.26 Å². The number of hydrogen-bond donors (Lipinski definition) is 0. The first kappa shape index (κ1) is 11.7. The molecule has 0 unspecified atom stereocenters. The van der Waals surface area contributed by atoms with Crippen LogP contribution in [0.2, 0.25) is 0 Å². The van der Waals surface area contributed by atoms with Gasteiger partial charge < -0.3 is 4.42 Å². The molecule has 2 heteroatoms. The Hall–Kier alpha value is -2.35. The van der Waals surface area contributed by atoms with Crippen LogP contribution >= 0.6 is 0 Å². The lowest BCUT2D eigenvalue weighted by Gasteiger charge is -2.04. The van der Waals surface area contributed by atoms with E-state index in [4.69, 9.17) is 4.42 Å². The van der Waals surface area contributed by atoms with Crippen LogP contribution < -0.4 is 5.43 Å². The summed E-state index contributed by atoms with van der Waals surface area (Å²) in [6.07, 6.45) is 1.55. The van der Waals surface area contributed by atoms with Crippen molar-refractivity contribution in [3.63, 3.8) is 0 Å². The smallest absolute Gasteiger partial charge is 0.200 e. The molecule has 0 atom stereocenters. The van der Waals surface area contributed by atoms with Gasteiger partial charge in [0.25, 0.3) is 0 Å². The normalized spacial score (nSPS) is 10.8. The van der Waals surface area contributed by atoms with E-state index in [1.807, 2.05) is 56.3 Å². The molecule has 0 aliphatic heterocycles. The minimum absolute atomic E-state index is 0.0202. The zero-order valence-electron chi connectivity index (χ0n) is 10.9. The Morgan fingerprint density at radius 1 is 0.947 bits per heavy atom. The van der Waals surface area contributed by atoms with Gasteiger partial charge in [-0.15, -0.1) is 0 Å². The van der Waals surface area contributed by atoms with Crippen LogP contribution in [-0.4, -0.2) is 0 Å². The quantitative estimate of drug-likeness (QED) is 0.651. The Labute approximate surface area is 111 Å². The second-order valence-electron chi connectivity index (χ2n) is 4.85. The highest BCUT2D eigenvalue weighted by Crippen LogP contribution is 2.21. The van der Waals surface area contributed by atoms with Gasteiger partial charge in [-0.3, -0.25) is 4.79 Å². The molecule has 3 aromatic rings. The van der Waals surface area contributed by atoms with E-state index in [-0.39, 0.29) is 5.43 Å². The molecule has 0 spiro atoms. The van der Waals surface area contributed by atoms with Gasteiger partial charge >= 0.3 is 0 Å². The Bertz CT molecular complexity index is 813. The number of hydrogen-bond acceptors (Lipinski definition) is 2. The molecule has 19 heavy (non-hydrogen) atoms. The lowest BCUT2D eigenvalue weighted by molar-refractivity contribution is 0.604. The maximum absolute atomic E-state index is 12.5. The molecule has 0 bridgehead atoms. The minimum Gasteiger partial charge on any atom is -0.463 e. The molecule has 0 aliphatic carbocycles. The maximum atomic E-state index is 12.5. The standard InChI is InChI=1S/C17H14O2/c1-11-4-3-5-13(8-11)15-10-19-16-9-12(2)6-7-14(16)17(15)18/h3-10H,1-2H3. The van der Waals surface area contributed by atoms with Crippen molar-refractivity contribution in [3.8, 4) is 11.1 Å². The number of rotatable bonds is 1. The summed E-state index contributed by atoms with van der Waals surface area (Å²) in [5.41, 5.74) is 4.38. The molecule has 94 valence electrons. The first-order valence-electron chi connectivity index (χ1n) is 6.24. The SMILES string of the molecule is Cc1cccc(-c2coc3cc(C)ccc3c2=O)c1. The molecule has 0 radical (unpaired) electrons. The fraction of sp³-hybridized carbons (Fsp3) is 0.118. The lowest BCUT2D eigenvalue weighted by Crippen LogP contribution is -2.04. The molecule has 3 rings (SSSR count). The van der Waals surface area contributed by atoms with Crippen molar-refractivity contribution >= 4 is 11.0 Å². The molecule has 1 aromatic heterocycles. The summed E-state index contributed by atoms with van der Waals surface area (Å²) < 4.78 is 5.60. The van der Waals surface area contributed by atoms with Gasteiger partial charge in [-0.25, -0.2) is 0 Å². The van der Waals surface area contributed by atoms with E-state index in [1.165, 1.54) is 0 Å². The van der Waals surface area contributed by atoms with Crippen molar-refractivity contribution in [2.45, 2.75) is 13.8 Å². The van der Waals surface area contributed by atoms with Crippen LogP contribution in [0.3, 0.4) is 0 Å². The van der Waals surface area contributed by atoms with Gasteiger partial charge in [-0.05, 0) is 37.1 Å². The number of aryl methyl sites for hydroxylation is 2. The third-order valence-electron chi connectivity index (χ3n) is 3.26. The van der Waals surface area contributed by atoms with Crippen LogP contribution in [0, 0.1) is 13.8 Å². The molecular formula is C17H14O2. The van der Waals surface area contributed by atoms with Gasteiger partial charge in [0, 0.05) is 0 Å². The second kappa shape index (κ2) is 4.39. The molecule has 2 nitrogen and oxygen atoms in total. The van der Waals surface area contributed by atoms with E-state index < -0.39 is 0 Å². The molecule has 0 saturated carbocycles. The summed E-state index contributed by atoms with van der Waals surface area (Å²) in [6, 6.07) is 13.5. The molecule has 1 heterocycles. The molecule has 0 aliphatic rings. The summed E-state index contributed by atoms with van der Waals surface area (Å²) in [7, 11) is 0. The average Bonchev–Trinajstić information content (AvgIpc) is 2.39. The molecule has 2 aromatic carbocycles. The first-order valence-corrected chi connectivity index (χ1v) is 6.24. The number of fused-ring (bicyclic) bond motifs is 1. The van der Waals surface area contributed by atoms with Crippen LogP contribution in [-0.2, 0) is 0 Å². The van der Waals surface area contributed by atoms with Gasteiger partial charge in [-0.1, -0.05) is 35.9 Å². The maximum Gasteiger partial charge on any atom is 0.200 e. The van der Waals surface area contributed by atoms with Crippen LogP contribution in [0.15, 0.2) is 57.9 Å². The summed E-state index contributed by atoms with van der Waals surface area (Å²) >= 11 is 0. The fourth-order valence-electron chi connectivity index (χ4n) is 2.25.